The maximum absolute atomic E-state index is 12.0. The van der Waals surface area contributed by atoms with Gasteiger partial charge < -0.3 is 21.1 Å². The SMILES string of the molecule is CCOc1ccc(/C=C/C(=O)NCc2ccc(C(=O)NCC(N)=O)cc2)cc1. The summed E-state index contributed by atoms with van der Waals surface area (Å²) in [4.78, 5) is 34.4. The van der Waals surface area contributed by atoms with Crippen LogP contribution in [0, 0.1) is 0 Å². The van der Waals surface area contributed by atoms with Crippen molar-refractivity contribution in [2.75, 3.05) is 13.2 Å². The number of amides is 3. The van der Waals surface area contributed by atoms with E-state index < -0.39 is 5.91 Å². The summed E-state index contributed by atoms with van der Waals surface area (Å²) >= 11 is 0. The number of nitrogens with two attached hydrogens (primary N) is 1. The molecule has 0 radical (unpaired) electrons. The highest BCUT2D eigenvalue weighted by Crippen LogP contribution is 2.13. The van der Waals surface area contributed by atoms with Crippen molar-refractivity contribution in [1.29, 1.82) is 0 Å². The van der Waals surface area contributed by atoms with Crippen molar-refractivity contribution < 1.29 is 19.1 Å². The van der Waals surface area contributed by atoms with Crippen LogP contribution in [0.5, 0.6) is 5.75 Å². The molecule has 0 saturated heterocycles. The summed E-state index contributed by atoms with van der Waals surface area (Å²) in [5.74, 6) is -0.424. The predicted octanol–water partition coefficient (Wildman–Crippen LogP) is 1.63. The molecule has 0 aromatic heterocycles. The average Bonchev–Trinajstić information content (AvgIpc) is 2.70. The Morgan fingerprint density at radius 1 is 1.00 bits per heavy atom. The normalized spacial score (nSPS) is 10.5. The molecule has 0 atom stereocenters. The molecule has 0 aliphatic carbocycles. The molecule has 0 saturated carbocycles. The van der Waals surface area contributed by atoms with Crippen molar-refractivity contribution in [3.8, 4) is 5.75 Å². The average molecular weight is 381 g/mol. The van der Waals surface area contributed by atoms with Crippen molar-refractivity contribution in [3.63, 3.8) is 0 Å². The van der Waals surface area contributed by atoms with Crippen molar-refractivity contribution in [3.05, 3.63) is 71.3 Å². The standard InChI is InChI=1S/C21H23N3O4/c1-2-28-18-10-5-15(6-11-18)7-12-20(26)23-13-16-3-8-17(9-4-16)21(27)24-14-19(22)25/h3-12H,2,13-14H2,1H3,(H2,22,25)(H,23,26)(H,24,27)/b12-7+. The first-order chi connectivity index (χ1) is 13.5. The maximum atomic E-state index is 12.0. The Kier molecular flexibility index (Phi) is 7.77. The third-order valence-corrected chi connectivity index (χ3v) is 3.72. The minimum Gasteiger partial charge on any atom is -0.494 e. The lowest BCUT2D eigenvalue weighted by molar-refractivity contribution is -0.117. The van der Waals surface area contributed by atoms with Crippen LogP contribution in [0.4, 0.5) is 0 Å². The van der Waals surface area contributed by atoms with Crippen LogP contribution in [0.2, 0.25) is 0 Å². The molecule has 0 aliphatic rings. The third kappa shape index (κ3) is 6.95. The number of hydrogen-bond donors (Lipinski definition) is 3. The molecule has 146 valence electrons. The van der Waals surface area contributed by atoms with Gasteiger partial charge in [-0.2, -0.15) is 0 Å². The summed E-state index contributed by atoms with van der Waals surface area (Å²) < 4.78 is 5.37. The molecule has 0 fully saturated rings. The Labute approximate surface area is 163 Å². The first-order valence-electron chi connectivity index (χ1n) is 8.82. The van der Waals surface area contributed by atoms with Gasteiger partial charge in [-0.15, -0.1) is 0 Å². The van der Waals surface area contributed by atoms with Crippen LogP contribution < -0.4 is 21.1 Å². The van der Waals surface area contributed by atoms with Crippen molar-refractivity contribution in [2.45, 2.75) is 13.5 Å². The monoisotopic (exact) mass is 381 g/mol. The van der Waals surface area contributed by atoms with Crippen LogP contribution in [0.15, 0.2) is 54.6 Å². The van der Waals surface area contributed by atoms with Crippen LogP contribution in [0.25, 0.3) is 6.08 Å². The summed E-state index contributed by atoms with van der Waals surface area (Å²) in [7, 11) is 0. The van der Waals surface area contributed by atoms with Crippen molar-refractivity contribution in [2.24, 2.45) is 5.73 Å². The van der Waals surface area contributed by atoms with E-state index in [9.17, 15) is 14.4 Å². The summed E-state index contributed by atoms with van der Waals surface area (Å²) in [6, 6.07) is 14.1. The largest absolute Gasteiger partial charge is 0.494 e. The van der Waals surface area contributed by atoms with Crippen LogP contribution in [0.3, 0.4) is 0 Å². The van der Waals surface area contributed by atoms with E-state index >= 15 is 0 Å². The second-order valence-electron chi connectivity index (χ2n) is 5.90. The molecular weight excluding hydrogens is 358 g/mol. The van der Waals surface area contributed by atoms with E-state index in [2.05, 4.69) is 10.6 Å². The number of hydrogen-bond acceptors (Lipinski definition) is 4. The Morgan fingerprint density at radius 3 is 2.29 bits per heavy atom. The topological polar surface area (TPSA) is 111 Å². The summed E-state index contributed by atoms with van der Waals surface area (Å²) in [5, 5.41) is 5.19. The lowest BCUT2D eigenvalue weighted by atomic mass is 10.1. The van der Waals surface area contributed by atoms with Gasteiger partial charge in [0.15, 0.2) is 0 Å². The zero-order valence-corrected chi connectivity index (χ0v) is 15.6. The van der Waals surface area contributed by atoms with Gasteiger partial charge in [0, 0.05) is 18.2 Å². The van der Waals surface area contributed by atoms with Gasteiger partial charge in [0.1, 0.15) is 5.75 Å². The lowest BCUT2D eigenvalue weighted by Crippen LogP contribution is -2.33. The highest BCUT2D eigenvalue weighted by atomic mass is 16.5. The molecule has 28 heavy (non-hydrogen) atoms. The van der Waals surface area contributed by atoms with Crippen LogP contribution in [-0.4, -0.2) is 30.9 Å². The van der Waals surface area contributed by atoms with Gasteiger partial charge in [-0.3, -0.25) is 14.4 Å². The molecule has 0 heterocycles. The summed E-state index contributed by atoms with van der Waals surface area (Å²) in [6.07, 6.45) is 3.18. The fraction of sp³-hybridized carbons (Fsp3) is 0.190. The van der Waals surface area contributed by atoms with E-state index in [1.54, 1.807) is 30.3 Å². The van der Waals surface area contributed by atoms with Gasteiger partial charge in [-0.25, -0.2) is 0 Å². The quantitative estimate of drug-likeness (QED) is 0.573. The van der Waals surface area contributed by atoms with E-state index in [0.717, 1.165) is 16.9 Å². The molecule has 0 aliphatic heterocycles. The summed E-state index contributed by atoms with van der Waals surface area (Å²) in [5.41, 5.74) is 7.13. The van der Waals surface area contributed by atoms with Crippen LogP contribution in [0.1, 0.15) is 28.4 Å². The van der Waals surface area contributed by atoms with Crippen LogP contribution >= 0.6 is 0 Å². The smallest absolute Gasteiger partial charge is 0.251 e. The van der Waals surface area contributed by atoms with E-state index in [4.69, 9.17) is 10.5 Å². The van der Waals surface area contributed by atoms with E-state index in [0.29, 0.717) is 18.7 Å². The third-order valence-electron chi connectivity index (χ3n) is 3.72. The predicted molar refractivity (Wildman–Crippen MR) is 106 cm³/mol. The van der Waals surface area contributed by atoms with Gasteiger partial charge in [-0.1, -0.05) is 24.3 Å². The highest BCUT2D eigenvalue weighted by Gasteiger charge is 2.06. The Balaban J connectivity index is 1.81. The second-order valence-corrected chi connectivity index (χ2v) is 5.90. The zero-order valence-electron chi connectivity index (χ0n) is 15.6. The van der Waals surface area contributed by atoms with Gasteiger partial charge in [0.05, 0.1) is 13.2 Å². The molecule has 3 amide bonds. The fourth-order valence-electron chi connectivity index (χ4n) is 2.31. The molecule has 7 nitrogen and oxygen atoms in total. The Bertz CT molecular complexity index is 843. The van der Waals surface area contributed by atoms with Gasteiger partial charge >= 0.3 is 0 Å². The first kappa shape index (κ1) is 20.7. The Hall–Kier alpha value is -3.61. The van der Waals surface area contributed by atoms with Gasteiger partial charge in [0.25, 0.3) is 5.91 Å². The first-order valence-corrected chi connectivity index (χ1v) is 8.82. The molecule has 7 heteroatoms. The molecule has 4 N–H and O–H groups in total. The second kappa shape index (κ2) is 10.5. The summed E-state index contributed by atoms with van der Waals surface area (Å²) in [6.45, 7) is 2.65. The minimum absolute atomic E-state index is 0.211. The number of primary amides is 1. The molecular formula is C21H23N3O4. The zero-order chi connectivity index (χ0) is 20.4. The van der Waals surface area contributed by atoms with Crippen molar-refractivity contribution in [1.82, 2.24) is 10.6 Å². The van der Waals surface area contributed by atoms with Gasteiger partial charge in [0.2, 0.25) is 11.8 Å². The fourth-order valence-corrected chi connectivity index (χ4v) is 2.31. The highest BCUT2D eigenvalue weighted by molar-refractivity contribution is 5.96. The van der Waals surface area contributed by atoms with E-state index in [1.807, 2.05) is 31.2 Å². The molecule has 2 rings (SSSR count). The number of carbonyl (C=O) groups excluding carboxylic acids is 3. The molecule has 2 aromatic rings. The minimum atomic E-state index is -0.606. The molecule has 0 bridgehead atoms. The number of nitrogens with one attached hydrogen (secondary N) is 2. The maximum Gasteiger partial charge on any atom is 0.251 e. The molecule has 0 spiro atoms. The number of rotatable bonds is 9. The molecule has 2 aromatic carbocycles. The van der Waals surface area contributed by atoms with Crippen molar-refractivity contribution >= 4 is 23.8 Å². The van der Waals surface area contributed by atoms with Crippen LogP contribution in [-0.2, 0) is 16.1 Å². The van der Waals surface area contributed by atoms with Gasteiger partial charge in [-0.05, 0) is 48.4 Å². The number of ether oxygens (including phenoxy) is 1. The Morgan fingerprint density at radius 2 is 1.68 bits per heavy atom. The number of carbonyl (C=O) groups is 3. The van der Waals surface area contributed by atoms with E-state index in [-0.39, 0.29) is 18.4 Å². The lowest BCUT2D eigenvalue weighted by Gasteiger charge is -2.06. The van der Waals surface area contributed by atoms with E-state index in [1.165, 1.54) is 6.08 Å². The molecule has 0 unspecified atom stereocenters. The number of benzene rings is 2.